The third kappa shape index (κ3) is 4.33. The van der Waals surface area contributed by atoms with Crippen LogP contribution in [0.3, 0.4) is 0 Å². The van der Waals surface area contributed by atoms with Crippen LogP contribution in [0.25, 0.3) is 69.6 Å². The van der Waals surface area contributed by atoms with Gasteiger partial charge in [0.05, 0.1) is 11.0 Å². The zero-order chi connectivity index (χ0) is 33.5. The zero-order valence-corrected chi connectivity index (χ0v) is 28.1. The minimum Gasteiger partial charge on any atom is -0.456 e. The van der Waals surface area contributed by atoms with Crippen molar-refractivity contribution < 1.29 is 4.42 Å². The Balaban J connectivity index is 1.28. The Morgan fingerprint density at radius 1 is 0.588 bits per heavy atom. The van der Waals surface area contributed by atoms with Crippen LogP contribution in [0.1, 0.15) is 22.9 Å². The fourth-order valence-electron chi connectivity index (χ4n) is 7.78. The number of nitrogens with one attached hydrogen (secondary N) is 1. The average Bonchev–Trinajstić information content (AvgIpc) is 3.87. The van der Waals surface area contributed by atoms with Gasteiger partial charge in [0.25, 0.3) is 0 Å². The number of hydrogen-bond acceptors (Lipinski definition) is 5. The molecule has 1 N–H and O–H groups in total. The van der Waals surface area contributed by atoms with E-state index >= 15 is 0 Å². The molecule has 0 bridgehead atoms. The maximum absolute atomic E-state index is 6.41. The molecule has 0 amide bonds. The lowest BCUT2D eigenvalue weighted by Crippen LogP contribution is -2.33. The fourth-order valence-corrected chi connectivity index (χ4v) is 8.98. The minimum atomic E-state index is -0.306. The summed E-state index contributed by atoms with van der Waals surface area (Å²) in [7, 11) is 0. The highest BCUT2D eigenvalue weighted by atomic mass is 32.1. The molecule has 240 valence electrons. The molecule has 0 saturated carbocycles. The van der Waals surface area contributed by atoms with Crippen LogP contribution < -0.4 is 5.32 Å². The second kappa shape index (κ2) is 11.0. The van der Waals surface area contributed by atoms with Crippen molar-refractivity contribution in [1.29, 1.82) is 0 Å². The Kier molecular flexibility index (Phi) is 6.12. The van der Waals surface area contributed by atoms with Gasteiger partial charge in [-0.15, -0.1) is 11.3 Å². The lowest BCUT2D eigenvalue weighted by Gasteiger charge is -2.24. The van der Waals surface area contributed by atoms with Gasteiger partial charge in [0.15, 0.2) is 5.84 Å². The van der Waals surface area contributed by atoms with Crippen LogP contribution in [0, 0.1) is 0 Å². The molecule has 4 heterocycles. The minimum absolute atomic E-state index is 0.306. The van der Waals surface area contributed by atoms with Crippen molar-refractivity contribution in [2.45, 2.75) is 6.17 Å². The summed E-state index contributed by atoms with van der Waals surface area (Å²) in [6.07, 6.45) is -0.306. The number of aromatic nitrogens is 1. The highest BCUT2D eigenvalue weighted by Crippen LogP contribution is 2.45. The molecular formula is C45H28N4OS. The fraction of sp³-hybridized carbons (Fsp3) is 0.0222. The molecule has 0 aliphatic carbocycles. The van der Waals surface area contributed by atoms with E-state index in [2.05, 4.69) is 149 Å². The van der Waals surface area contributed by atoms with Gasteiger partial charge in [0.2, 0.25) is 0 Å². The number of furan rings is 1. The first kappa shape index (κ1) is 28.3. The Morgan fingerprint density at radius 2 is 1.25 bits per heavy atom. The van der Waals surface area contributed by atoms with Crippen molar-refractivity contribution in [1.82, 2.24) is 9.88 Å². The molecule has 11 rings (SSSR count). The molecule has 5 nitrogen and oxygen atoms in total. The maximum atomic E-state index is 6.41. The molecule has 1 atom stereocenters. The standard InChI is InChI=1S/C45H28N4OS/c1-3-13-27(14-4-1)43-46-44(28-15-5-2-6-16-28)48-45(47-43)34-26-29(49-35-20-10-7-17-30(35)31-18-8-11-21-36(31)49)25-33-41-39(51-42(33)34)24-23-38-40(41)32-19-9-12-22-37(32)50-38/h1-26,43H,(H,46,47,48). The van der Waals surface area contributed by atoms with Gasteiger partial charge < -0.3 is 14.3 Å². The quantitative estimate of drug-likeness (QED) is 0.202. The number of hydrogen-bond donors (Lipinski definition) is 1. The SMILES string of the molecule is c1ccc(C2=NC(c3cc(-n4c5ccccc5c5ccccc54)cc4c3sc3ccc5oc6ccccc6c5c34)=NC(c3ccccc3)N2)cc1. The van der Waals surface area contributed by atoms with E-state index in [1.807, 2.05) is 18.2 Å². The molecule has 0 fully saturated rings. The van der Waals surface area contributed by atoms with Crippen LogP contribution in [0.5, 0.6) is 0 Å². The van der Waals surface area contributed by atoms with Crippen molar-refractivity contribution in [2.75, 3.05) is 0 Å². The number of thiophene rings is 1. The third-order valence-electron chi connectivity index (χ3n) is 10.0. The molecule has 51 heavy (non-hydrogen) atoms. The molecule has 1 aliphatic heterocycles. The predicted octanol–water partition coefficient (Wildman–Crippen LogP) is 11.5. The molecule has 10 aromatic rings. The molecule has 0 radical (unpaired) electrons. The van der Waals surface area contributed by atoms with E-state index in [0.29, 0.717) is 5.84 Å². The number of benzene rings is 7. The van der Waals surface area contributed by atoms with E-state index in [9.17, 15) is 0 Å². The van der Waals surface area contributed by atoms with Gasteiger partial charge >= 0.3 is 0 Å². The molecule has 0 spiro atoms. The Labute approximate surface area is 296 Å². The van der Waals surface area contributed by atoms with Crippen LogP contribution in [-0.2, 0) is 0 Å². The average molecular weight is 673 g/mol. The first-order valence-corrected chi connectivity index (χ1v) is 17.9. The summed E-state index contributed by atoms with van der Waals surface area (Å²) in [6.45, 7) is 0. The molecule has 6 heteroatoms. The van der Waals surface area contributed by atoms with Crippen LogP contribution in [0.15, 0.2) is 172 Å². The molecule has 1 unspecified atom stereocenters. The lowest BCUT2D eigenvalue weighted by molar-refractivity contribution is 0.669. The smallest absolute Gasteiger partial charge is 0.160 e. The predicted molar refractivity (Wildman–Crippen MR) is 213 cm³/mol. The van der Waals surface area contributed by atoms with E-state index in [1.54, 1.807) is 11.3 Å². The van der Waals surface area contributed by atoms with Crippen molar-refractivity contribution in [3.05, 3.63) is 174 Å². The monoisotopic (exact) mass is 672 g/mol. The van der Waals surface area contributed by atoms with Crippen LogP contribution in [-0.4, -0.2) is 16.2 Å². The molecule has 3 aromatic heterocycles. The summed E-state index contributed by atoms with van der Waals surface area (Å²) < 4.78 is 11.2. The lowest BCUT2D eigenvalue weighted by atomic mass is 10.0. The number of para-hydroxylation sites is 3. The Hall–Kier alpha value is -6.50. The number of nitrogens with zero attached hydrogens (tertiary/aromatic N) is 3. The van der Waals surface area contributed by atoms with Crippen LogP contribution in [0.4, 0.5) is 0 Å². The number of rotatable bonds is 4. The van der Waals surface area contributed by atoms with Gasteiger partial charge in [-0.2, -0.15) is 0 Å². The molecule has 1 aliphatic rings. The second-order valence-corrected chi connectivity index (χ2v) is 14.0. The third-order valence-corrected chi connectivity index (χ3v) is 11.2. The van der Waals surface area contributed by atoms with Gasteiger partial charge in [-0.25, -0.2) is 9.98 Å². The van der Waals surface area contributed by atoms with E-state index in [-0.39, 0.29) is 6.17 Å². The van der Waals surface area contributed by atoms with E-state index < -0.39 is 0 Å². The summed E-state index contributed by atoms with van der Waals surface area (Å²) >= 11 is 1.79. The van der Waals surface area contributed by atoms with Gasteiger partial charge in [-0.1, -0.05) is 115 Å². The first-order chi connectivity index (χ1) is 25.3. The van der Waals surface area contributed by atoms with Gasteiger partial charge in [0.1, 0.15) is 23.2 Å². The van der Waals surface area contributed by atoms with Gasteiger partial charge in [0, 0.05) is 58.5 Å². The Bertz CT molecular complexity index is 3010. The van der Waals surface area contributed by atoms with Crippen molar-refractivity contribution in [3.8, 4) is 5.69 Å². The van der Waals surface area contributed by atoms with E-state index in [0.717, 1.165) is 71.3 Å². The second-order valence-electron chi connectivity index (χ2n) is 13.0. The highest BCUT2D eigenvalue weighted by Gasteiger charge is 2.25. The molecule has 0 saturated heterocycles. The maximum Gasteiger partial charge on any atom is 0.160 e. The van der Waals surface area contributed by atoms with E-state index in [1.165, 1.54) is 20.9 Å². The number of amidine groups is 2. The van der Waals surface area contributed by atoms with Crippen molar-refractivity contribution >= 4 is 86.9 Å². The van der Waals surface area contributed by atoms with Gasteiger partial charge in [-0.05, 0) is 48.0 Å². The Morgan fingerprint density at radius 3 is 2.02 bits per heavy atom. The number of fused-ring (bicyclic) bond motifs is 10. The topological polar surface area (TPSA) is 54.8 Å². The molecule has 7 aromatic carbocycles. The van der Waals surface area contributed by atoms with Crippen LogP contribution >= 0.6 is 11.3 Å². The summed E-state index contributed by atoms with van der Waals surface area (Å²) in [5, 5.41) is 10.7. The largest absolute Gasteiger partial charge is 0.456 e. The highest BCUT2D eigenvalue weighted by molar-refractivity contribution is 7.26. The summed E-state index contributed by atoms with van der Waals surface area (Å²) in [5.41, 5.74) is 8.26. The van der Waals surface area contributed by atoms with Crippen LogP contribution in [0.2, 0.25) is 0 Å². The van der Waals surface area contributed by atoms with Crippen molar-refractivity contribution in [3.63, 3.8) is 0 Å². The molecular weight excluding hydrogens is 645 g/mol. The summed E-state index contributed by atoms with van der Waals surface area (Å²) in [4.78, 5) is 10.7. The normalized spacial score (nSPS) is 14.9. The van der Waals surface area contributed by atoms with Gasteiger partial charge in [-0.3, -0.25) is 0 Å². The number of aliphatic imine (C=N–C) groups is 2. The summed E-state index contributed by atoms with van der Waals surface area (Å²) in [5.74, 6) is 1.50. The van der Waals surface area contributed by atoms with Crippen molar-refractivity contribution in [2.24, 2.45) is 9.98 Å². The van der Waals surface area contributed by atoms with E-state index in [4.69, 9.17) is 14.4 Å². The first-order valence-electron chi connectivity index (χ1n) is 17.1. The zero-order valence-electron chi connectivity index (χ0n) is 27.2. The summed E-state index contributed by atoms with van der Waals surface area (Å²) in [6, 6.07) is 55.4.